The van der Waals surface area contributed by atoms with Gasteiger partial charge in [-0.1, -0.05) is 24.3 Å². The van der Waals surface area contributed by atoms with Gasteiger partial charge < -0.3 is 10.6 Å². The Morgan fingerprint density at radius 1 is 1.42 bits per heavy atom. The fourth-order valence-electron chi connectivity index (χ4n) is 3.60. The first kappa shape index (κ1) is 12.7. The fourth-order valence-corrected chi connectivity index (χ4v) is 3.60. The molecule has 3 nitrogen and oxygen atoms in total. The van der Waals surface area contributed by atoms with Gasteiger partial charge in [0.2, 0.25) is 5.91 Å². The molecule has 0 spiro atoms. The summed E-state index contributed by atoms with van der Waals surface area (Å²) in [6.45, 7) is 1.44. The Morgan fingerprint density at radius 3 is 3.00 bits per heavy atom. The second kappa shape index (κ2) is 4.97. The monoisotopic (exact) mass is 258 g/mol. The van der Waals surface area contributed by atoms with E-state index >= 15 is 0 Å². The van der Waals surface area contributed by atoms with Gasteiger partial charge in [-0.15, -0.1) is 0 Å². The van der Waals surface area contributed by atoms with Crippen LogP contribution in [-0.2, 0) is 11.2 Å². The Kier molecular flexibility index (Phi) is 3.31. The highest BCUT2D eigenvalue weighted by Crippen LogP contribution is 2.60. The van der Waals surface area contributed by atoms with Crippen LogP contribution in [0.15, 0.2) is 24.3 Å². The molecule has 1 amide bonds. The van der Waals surface area contributed by atoms with Crippen LogP contribution in [0.1, 0.15) is 29.9 Å². The van der Waals surface area contributed by atoms with Crippen LogP contribution >= 0.6 is 0 Å². The van der Waals surface area contributed by atoms with Gasteiger partial charge in [-0.3, -0.25) is 4.79 Å². The van der Waals surface area contributed by atoms with Crippen molar-refractivity contribution in [3.8, 4) is 0 Å². The van der Waals surface area contributed by atoms with Crippen molar-refractivity contribution in [3.63, 3.8) is 0 Å². The van der Waals surface area contributed by atoms with Gasteiger partial charge in [-0.05, 0) is 48.8 Å². The number of hydrogen-bond acceptors (Lipinski definition) is 2. The predicted molar refractivity (Wildman–Crippen MR) is 75.8 cm³/mol. The molecule has 3 atom stereocenters. The molecular weight excluding hydrogens is 236 g/mol. The average molecular weight is 258 g/mol. The number of nitrogens with two attached hydrogens (primary N) is 1. The molecule has 0 saturated heterocycles. The number of carbonyl (C=O) groups excluding carboxylic acids is 1. The smallest absolute Gasteiger partial charge is 0.226 e. The number of nitrogens with zero attached hydrogens (tertiary/aromatic N) is 1. The van der Waals surface area contributed by atoms with Crippen LogP contribution in [0.3, 0.4) is 0 Å². The highest BCUT2D eigenvalue weighted by atomic mass is 16.2. The molecule has 3 rings (SSSR count). The quantitative estimate of drug-likeness (QED) is 0.894. The van der Waals surface area contributed by atoms with Gasteiger partial charge in [0.1, 0.15) is 0 Å². The summed E-state index contributed by atoms with van der Waals surface area (Å²) in [6, 6.07) is 8.62. The predicted octanol–water partition coefficient (Wildman–Crippen LogP) is 1.77. The molecule has 102 valence electrons. The van der Waals surface area contributed by atoms with E-state index in [2.05, 4.69) is 24.3 Å². The summed E-state index contributed by atoms with van der Waals surface area (Å²) in [5.41, 5.74) is 8.38. The number of benzene rings is 1. The lowest BCUT2D eigenvalue weighted by atomic mass is 9.92. The first-order chi connectivity index (χ1) is 9.24. The summed E-state index contributed by atoms with van der Waals surface area (Å²) in [6.07, 6.45) is 3.19. The molecule has 0 aromatic heterocycles. The van der Waals surface area contributed by atoms with Crippen LogP contribution in [0.2, 0.25) is 0 Å². The molecule has 3 heteroatoms. The van der Waals surface area contributed by atoms with Crippen molar-refractivity contribution >= 4 is 5.91 Å². The lowest BCUT2D eigenvalue weighted by molar-refractivity contribution is -0.131. The van der Waals surface area contributed by atoms with Gasteiger partial charge in [0.05, 0.1) is 0 Å². The minimum atomic E-state index is 0.228. The standard InChI is InChI=1S/C16H22N2O/c1-18(10-4-9-17)16(19)15-13-8-7-11-5-2-3-6-12(11)14(13)15/h2-3,5-6,13-15H,4,7-10,17H2,1H3. The summed E-state index contributed by atoms with van der Waals surface area (Å²) < 4.78 is 0. The maximum absolute atomic E-state index is 12.5. The van der Waals surface area contributed by atoms with E-state index in [1.54, 1.807) is 0 Å². The van der Waals surface area contributed by atoms with Gasteiger partial charge in [0, 0.05) is 19.5 Å². The van der Waals surface area contributed by atoms with Crippen LogP contribution in [0.25, 0.3) is 0 Å². The molecule has 2 aliphatic carbocycles. The number of rotatable bonds is 4. The van der Waals surface area contributed by atoms with Crippen molar-refractivity contribution in [2.45, 2.75) is 25.2 Å². The zero-order chi connectivity index (χ0) is 13.4. The van der Waals surface area contributed by atoms with E-state index in [0.717, 1.165) is 19.4 Å². The van der Waals surface area contributed by atoms with Crippen LogP contribution in [-0.4, -0.2) is 30.9 Å². The summed E-state index contributed by atoms with van der Waals surface area (Å²) in [7, 11) is 1.91. The van der Waals surface area contributed by atoms with Gasteiger partial charge in [0.15, 0.2) is 0 Å². The zero-order valence-corrected chi connectivity index (χ0v) is 11.5. The van der Waals surface area contributed by atoms with Crippen molar-refractivity contribution in [1.29, 1.82) is 0 Å². The van der Waals surface area contributed by atoms with Crippen LogP contribution in [0, 0.1) is 11.8 Å². The highest BCUT2D eigenvalue weighted by molar-refractivity contribution is 5.84. The van der Waals surface area contributed by atoms with Crippen molar-refractivity contribution in [3.05, 3.63) is 35.4 Å². The molecule has 2 aliphatic rings. The van der Waals surface area contributed by atoms with Gasteiger partial charge in [0.25, 0.3) is 0 Å². The van der Waals surface area contributed by atoms with Gasteiger partial charge >= 0.3 is 0 Å². The number of fused-ring (bicyclic) bond motifs is 3. The van der Waals surface area contributed by atoms with E-state index in [1.165, 1.54) is 17.5 Å². The SMILES string of the molecule is CN(CCCN)C(=O)C1C2CCc3ccccc3C21. The Hall–Kier alpha value is -1.35. The number of hydrogen-bond donors (Lipinski definition) is 1. The van der Waals surface area contributed by atoms with E-state index in [0.29, 0.717) is 24.3 Å². The number of aryl methyl sites for hydroxylation is 1. The topological polar surface area (TPSA) is 46.3 Å². The lowest BCUT2D eigenvalue weighted by Gasteiger charge is -2.16. The Bertz CT molecular complexity index is 485. The van der Waals surface area contributed by atoms with Crippen LogP contribution < -0.4 is 5.73 Å². The first-order valence-corrected chi connectivity index (χ1v) is 7.27. The molecule has 0 bridgehead atoms. The Morgan fingerprint density at radius 2 is 2.21 bits per heavy atom. The summed E-state index contributed by atoms with van der Waals surface area (Å²) in [4.78, 5) is 14.3. The summed E-state index contributed by atoms with van der Waals surface area (Å²) >= 11 is 0. The molecule has 1 aromatic carbocycles. The Balaban J connectivity index is 1.72. The van der Waals surface area contributed by atoms with Crippen LogP contribution in [0.4, 0.5) is 0 Å². The third-order valence-corrected chi connectivity index (χ3v) is 4.69. The molecule has 1 fully saturated rings. The number of amides is 1. The van der Waals surface area contributed by atoms with Gasteiger partial charge in [-0.25, -0.2) is 0 Å². The van der Waals surface area contributed by atoms with E-state index in [9.17, 15) is 4.79 Å². The second-order valence-corrected chi connectivity index (χ2v) is 5.85. The number of carbonyl (C=O) groups is 1. The van der Waals surface area contributed by atoms with Crippen molar-refractivity contribution < 1.29 is 4.79 Å². The Labute approximate surface area is 114 Å². The molecule has 0 heterocycles. The summed E-state index contributed by atoms with van der Waals surface area (Å²) in [5.74, 6) is 1.62. The first-order valence-electron chi connectivity index (χ1n) is 7.27. The fraction of sp³-hybridized carbons (Fsp3) is 0.562. The molecule has 19 heavy (non-hydrogen) atoms. The zero-order valence-electron chi connectivity index (χ0n) is 11.5. The van der Waals surface area contributed by atoms with E-state index < -0.39 is 0 Å². The summed E-state index contributed by atoms with van der Waals surface area (Å²) in [5, 5.41) is 0. The molecular formula is C16H22N2O. The van der Waals surface area contributed by atoms with E-state index in [4.69, 9.17) is 5.73 Å². The van der Waals surface area contributed by atoms with Crippen molar-refractivity contribution in [2.24, 2.45) is 17.6 Å². The third-order valence-electron chi connectivity index (χ3n) is 4.69. The minimum absolute atomic E-state index is 0.228. The van der Waals surface area contributed by atoms with E-state index in [1.807, 2.05) is 11.9 Å². The molecule has 1 saturated carbocycles. The average Bonchev–Trinajstić information content (AvgIpc) is 3.18. The van der Waals surface area contributed by atoms with Gasteiger partial charge in [-0.2, -0.15) is 0 Å². The minimum Gasteiger partial charge on any atom is -0.345 e. The largest absolute Gasteiger partial charge is 0.345 e. The van der Waals surface area contributed by atoms with E-state index in [-0.39, 0.29) is 5.92 Å². The molecule has 0 aliphatic heterocycles. The van der Waals surface area contributed by atoms with Crippen molar-refractivity contribution in [1.82, 2.24) is 4.90 Å². The highest BCUT2D eigenvalue weighted by Gasteiger charge is 2.57. The molecule has 1 aromatic rings. The van der Waals surface area contributed by atoms with Crippen molar-refractivity contribution in [2.75, 3.05) is 20.1 Å². The van der Waals surface area contributed by atoms with Crippen LogP contribution in [0.5, 0.6) is 0 Å². The maximum Gasteiger partial charge on any atom is 0.226 e. The maximum atomic E-state index is 12.5. The molecule has 2 N–H and O–H groups in total. The normalized spacial score (nSPS) is 27.4. The molecule has 3 unspecified atom stereocenters. The lowest BCUT2D eigenvalue weighted by Crippen LogP contribution is -2.31. The molecule has 0 radical (unpaired) electrons. The second-order valence-electron chi connectivity index (χ2n) is 5.85. The third kappa shape index (κ3) is 2.16.